The molecule has 0 amide bonds. The largest absolute Gasteiger partial charge is 0.496 e. The normalized spacial score (nSPS) is 10.4. The van der Waals surface area contributed by atoms with Gasteiger partial charge in [-0.25, -0.2) is 4.39 Å². The van der Waals surface area contributed by atoms with Gasteiger partial charge in [0, 0.05) is 5.56 Å². The number of nitrogens with one attached hydrogen (secondary N) is 1. The highest BCUT2D eigenvalue weighted by Gasteiger charge is 2.13. The van der Waals surface area contributed by atoms with Gasteiger partial charge in [-0.15, -0.1) is 0 Å². The molecule has 1 heterocycles. The fourth-order valence-electron chi connectivity index (χ4n) is 1.75. The number of rotatable bonds is 2. The summed E-state index contributed by atoms with van der Waals surface area (Å²) in [6, 6.07) is 4.35. The molecule has 94 valence electrons. The third-order valence-corrected chi connectivity index (χ3v) is 3.34. The monoisotopic (exact) mass is 264 g/mol. The molecule has 5 heteroatoms. The molecule has 0 atom stereocenters. The van der Waals surface area contributed by atoms with Crippen molar-refractivity contribution in [2.45, 2.75) is 13.8 Å². The fourth-order valence-corrected chi connectivity index (χ4v) is 1.95. The number of hydrogen-bond acceptors (Lipinski definition) is 3. The number of methoxy groups -OCH3 is 1. The summed E-state index contributed by atoms with van der Waals surface area (Å²) in [5.41, 5.74) is 3.12. The van der Waals surface area contributed by atoms with Crippen molar-refractivity contribution in [2.24, 2.45) is 0 Å². The first-order valence-electron chi connectivity index (χ1n) is 5.44. The fraction of sp³-hybridized carbons (Fsp3) is 0.231. The van der Waals surface area contributed by atoms with Crippen LogP contribution >= 0.6 is 12.2 Å². The molecule has 0 aliphatic heterocycles. The lowest BCUT2D eigenvalue weighted by Gasteiger charge is -2.11. The quantitative estimate of drug-likeness (QED) is 0.843. The first-order valence-corrected chi connectivity index (χ1v) is 5.85. The van der Waals surface area contributed by atoms with E-state index in [1.54, 1.807) is 13.2 Å². The molecule has 1 aromatic carbocycles. The Labute approximate surface area is 110 Å². The van der Waals surface area contributed by atoms with Crippen LogP contribution in [0.25, 0.3) is 11.3 Å². The van der Waals surface area contributed by atoms with Crippen LogP contribution in [0, 0.1) is 24.3 Å². The molecule has 1 aromatic heterocycles. The van der Waals surface area contributed by atoms with Gasteiger partial charge in [0.05, 0.1) is 12.8 Å². The highest BCUT2D eigenvalue weighted by molar-refractivity contribution is 7.71. The molecule has 0 aliphatic carbocycles. The molecule has 0 spiro atoms. The number of aromatic amines is 1. The zero-order valence-electron chi connectivity index (χ0n) is 10.4. The molecular formula is C13H13FN2OS. The molecule has 3 nitrogen and oxygen atoms in total. The van der Waals surface area contributed by atoms with Gasteiger partial charge < -0.3 is 4.74 Å². The van der Waals surface area contributed by atoms with Gasteiger partial charge in [0.15, 0.2) is 0 Å². The van der Waals surface area contributed by atoms with Crippen molar-refractivity contribution in [3.8, 4) is 17.0 Å². The molecule has 0 fully saturated rings. The molecule has 0 radical (unpaired) electrons. The van der Waals surface area contributed by atoms with Crippen LogP contribution in [0.4, 0.5) is 4.39 Å². The summed E-state index contributed by atoms with van der Waals surface area (Å²) in [5, 5.41) is 6.95. The van der Waals surface area contributed by atoms with Crippen molar-refractivity contribution < 1.29 is 9.13 Å². The number of nitrogens with zero attached hydrogens (tertiary/aromatic N) is 1. The van der Waals surface area contributed by atoms with E-state index < -0.39 is 0 Å². The summed E-state index contributed by atoms with van der Waals surface area (Å²) in [5.74, 6) is 0.254. The lowest BCUT2D eigenvalue weighted by molar-refractivity contribution is 0.415. The number of benzene rings is 1. The smallest absolute Gasteiger partial charge is 0.128 e. The van der Waals surface area contributed by atoms with Crippen molar-refractivity contribution in [2.75, 3.05) is 7.11 Å². The van der Waals surface area contributed by atoms with Crippen LogP contribution in [-0.2, 0) is 0 Å². The van der Waals surface area contributed by atoms with E-state index in [9.17, 15) is 4.39 Å². The summed E-state index contributed by atoms with van der Waals surface area (Å²) in [6.07, 6.45) is 0. The summed E-state index contributed by atoms with van der Waals surface area (Å²) in [4.78, 5) is 0. The number of H-pyrrole nitrogens is 1. The van der Waals surface area contributed by atoms with Gasteiger partial charge in [-0.1, -0.05) is 12.2 Å². The predicted molar refractivity (Wildman–Crippen MR) is 70.8 cm³/mol. The van der Waals surface area contributed by atoms with E-state index in [0.29, 0.717) is 21.6 Å². The predicted octanol–water partition coefficient (Wildman–Crippen LogP) is 3.57. The summed E-state index contributed by atoms with van der Waals surface area (Å²) >= 11 is 5.11. The van der Waals surface area contributed by atoms with Crippen LogP contribution in [0.1, 0.15) is 11.1 Å². The van der Waals surface area contributed by atoms with Crippen LogP contribution in [-0.4, -0.2) is 17.3 Å². The Morgan fingerprint density at radius 2 is 2.00 bits per heavy atom. The number of hydrogen-bond donors (Lipinski definition) is 1. The van der Waals surface area contributed by atoms with Gasteiger partial charge in [0.1, 0.15) is 16.2 Å². The maximum Gasteiger partial charge on any atom is 0.128 e. The molecule has 0 unspecified atom stereocenters. The maximum absolute atomic E-state index is 13.4. The van der Waals surface area contributed by atoms with Crippen molar-refractivity contribution in [3.05, 3.63) is 39.8 Å². The Morgan fingerprint density at radius 1 is 1.28 bits per heavy atom. The van der Waals surface area contributed by atoms with Crippen LogP contribution in [0.5, 0.6) is 5.75 Å². The van der Waals surface area contributed by atoms with Crippen molar-refractivity contribution in [1.82, 2.24) is 10.2 Å². The minimum Gasteiger partial charge on any atom is -0.496 e. The molecule has 0 saturated heterocycles. The van der Waals surface area contributed by atoms with E-state index in [0.717, 1.165) is 11.1 Å². The Kier molecular flexibility index (Phi) is 3.43. The molecule has 0 aliphatic rings. The van der Waals surface area contributed by atoms with Gasteiger partial charge >= 0.3 is 0 Å². The minimum atomic E-state index is -0.327. The van der Waals surface area contributed by atoms with Gasteiger partial charge in [-0.3, -0.25) is 5.10 Å². The summed E-state index contributed by atoms with van der Waals surface area (Å²) in [6.45, 7) is 3.82. The van der Waals surface area contributed by atoms with Gasteiger partial charge in [-0.05, 0) is 43.2 Å². The van der Waals surface area contributed by atoms with Crippen LogP contribution < -0.4 is 4.74 Å². The third kappa shape index (κ3) is 2.13. The lowest BCUT2D eigenvalue weighted by atomic mass is 10.0. The Balaban J connectivity index is 2.73. The van der Waals surface area contributed by atoms with Crippen LogP contribution in [0.15, 0.2) is 18.2 Å². The third-order valence-electron chi connectivity index (χ3n) is 2.94. The minimum absolute atomic E-state index is 0.327. The molecule has 1 N–H and O–H groups in total. The van der Waals surface area contributed by atoms with Crippen molar-refractivity contribution in [3.63, 3.8) is 0 Å². The van der Waals surface area contributed by atoms with E-state index in [2.05, 4.69) is 10.2 Å². The average Bonchev–Trinajstić information content (AvgIpc) is 2.36. The zero-order valence-corrected chi connectivity index (χ0v) is 11.2. The SMILES string of the molecule is COc1ccc(F)cc1-c1n[nH]c(=S)c(C)c1C. The number of ether oxygens (including phenoxy) is 1. The number of aromatic nitrogens is 2. The second-order valence-electron chi connectivity index (χ2n) is 4.00. The highest BCUT2D eigenvalue weighted by atomic mass is 32.1. The van der Waals surface area contributed by atoms with Gasteiger partial charge in [0.25, 0.3) is 0 Å². The van der Waals surface area contributed by atoms with E-state index in [1.807, 2.05) is 13.8 Å². The molecular weight excluding hydrogens is 251 g/mol. The van der Waals surface area contributed by atoms with Crippen molar-refractivity contribution >= 4 is 12.2 Å². The zero-order chi connectivity index (χ0) is 13.3. The van der Waals surface area contributed by atoms with E-state index in [1.165, 1.54) is 12.1 Å². The summed E-state index contributed by atoms with van der Waals surface area (Å²) < 4.78 is 19.2. The van der Waals surface area contributed by atoms with E-state index >= 15 is 0 Å². The van der Waals surface area contributed by atoms with E-state index in [4.69, 9.17) is 17.0 Å². The average molecular weight is 264 g/mol. The molecule has 18 heavy (non-hydrogen) atoms. The molecule has 0 bridgehead atoms. The standard InChI is InChI=1S/C13H13FN2OS/c1-7-8(2)13(18)16-15-12(7)10-6-9(14)4-5-11(10)17-3/h4-6H,1-3H3,(H,16,18). The van der Waals surface area contributed by atoms with Crippen molar-refractivity contribution in [1.29, 1.82) is 0 Å². The van der Waals surface area contributed by atoms with Crippen LogP contribution in [0.3, 0.4) is 0 Å². The van der Waals surface area contributed by atoms with Crippen LogP contribution in [0.2, 0.25) is 0 Å². The lowest BCUT2D eigenvalue weighted by Crippen LogP contribution is -1.98. The highest BCUT2D eigenvalue weighted by Crippen LogP contribution is 2.31. The van der Waals surface area contributed by atoms with E-state index in [-0.39, 0.29) is 5.82 Å². The Bertz CT molecular complexity index is 652. The topological polar surface area (TPSA) is 37.9 Å². The molecule has 2 aromatic rings. The Hall–Kier alpha value is -1.75. The first kappa shape index (κ1) is 12.7. The molecule has 2 rings (SSSR count). The molecule has 0 saturated carbocycles. The first-order chi connectivity index (χ1) is 8.54. The maximum atomic E-state index is 13.4. The summed E-state index contributed by atoms with van der Waals surface area (Å²) in [7, 11) is 1.55. The number of halogens is 1. The second kappa shape index (κ2) is 4.86. The second-order valence-corrected chi connectivity index (χ2v) is 4.40. The van der Waals surface area contributed by atoms with Gasteiger partial charge in [0.2, 0.25) is 0 Å². The Morgan fingerprint density at radius 3 is 2.67 bits per heavy atom. The van der Waals surface area contributed by atoms with Gasteiger partial charge in [-0.2, -0.15) is 5.10 Å².